The molecule has 26 heavy (non-hydrogen) atoms. The van der Waals surface area contributed by atoms with Crippen LogP contribution in [0.3, 0.4) is 0 Å². The zero-order valence-corrected chi connectivity index (χ0v) is 15.0. The molecular weight excluding hydrogens is 352 g/mol. The third kappa shape index (κ3) is 3.08. The van der Waals surface area contributed by atoms with Crippen molar-refractivity contribution >= 4 is 21.4 Å². The quantitative estimate of drug-likeness (QED) is 0.757. The lowest BCUT2D eigenvalue weighted by atomic mass is 10.00. The summed E-state index contributed by atoms with van der Waals surface area (Å²) in [6.45, 7) is 1.77. The Balaban J connectivity index is 1.63. The highest BCUT2D eigenvalue weighted by Crippen LogP contribution is 2.26. The summed E-state index contributed by atoms with van der Waals surface area (Å²) in [5.74, 6) is -0.197. The van der Waals surface area contributed by atoms with Gasteiger partial charge in [-0.2, -0.15) is 5.10 Å². The maximum Gasteiger partial charge on any atom is 0.251 e. The molecule has 1 N–H and O–H groups in total. The molecule has 4 rings (SSSR count). The number of hydrogen-bond acceptors (Lipinski definition) is 5. The second-order valence-electron chi connectivity index (χ2n) is 6.88. The molecule has 0 radical (unpaired) electrons. The summed E-state index contributed by atoms with van der Waals surface area (Å²) >= 11 is 0. The Bertz CT molecular complexity index is 1110. The van der Waals surface area contributed by atoms with E-state index in [0.717, 1.165) is 11.1 Å². The van der Waals surface area contributed by atoms with Crippen molar-refractivity contribution in [1.29, 1.82) is 0 Å². The lowest BCUT2D eigenvalue weighted by molar-refractivity contribution is 0.0915. The van der Waals surface area contributed by atoms with Crippen molar-refractivity contribution in [3.05, 3.63) is 54.5 Å². The number of amides is 1. The number of nitrogens with zero attached hydrogens (tertiary/aromatic N) is 3. The monoisotopic (exact) mass is 370 g/mol. The fourth-order valence-electron chi connectivity index (χ4n) is 3.31. The number of aromatic nitrogens is 3. The molecule has 3 aromatic rings. The van der Waals surface area contributed by atoms with E-state index >= 15 is 0 Å². The van der Waals surface area contributed by atoms with Crippen LogP contribution < -0.4 is 5.32 Å². The SMILES string of the molecule is CC1(NC(=O)c2cccc(-c3cnn4cccnc34)c2)CCS(=O)(=O)C1. The molecule has 1 aromatic carbocycles. The van der Waals surface area contributed by atoms with Crippen LogP contribution in [0.4, 0.5) is 0 Å². The summed E-state index contributed by atoms with van der Waals surface area (Å²) in [7, 11) is -3.08. The maximum atomic E-state index is 12.7. The van der Waals surface area contributed by atoms with Gasteiger partial charge < -0.3 is 5.32 Å². The van der Waals surface area contributed by atoms with Crippen molar-refractivity contribution in [2.45, 2.75) is 18.9 Å². The average molecular weight is 370 g/mol. The molecule has 0 saturated carbocycles. The first-order valence-electron chi connectivity index (χ1n) is 8.27. The summed E-state index contributed by atoms with van der Waals surface area (Å²) in [6, 6.07) is 8.97. The van der Waals surface area contributed by atoms with E-state index < -0.39 is 15.4 Å². The van der Waals surface area contributed by atoms with Gasteiger partial charge in [-0.3, -0.25) is 4.79 Å². The van der Waals surface area contributed by atoms with Gasteiger partial charge in [0, 0.05) is 23.5 Å². The van der Waals surface area contributed by atoms with Gasteiger partial charge in [-0.05, 0) is 37.1 Å². The molecule has 2 aromatic heterocycles. The van der Waals surface area contributed by atoms with E-state index in [2.05, 4.69) is 15.4 Å². The van der Waals surface area contributed by atoms with Crippen LogP contribution in [0.1, 0.15) is 23.7 Å². The molecule has 1 amide bonds. The Morgan fingerprint density at radius 3 is 2.92 bits per heavy atom. The summed E-state index contributed by atoms with van der Waals surface area (Å²) in [6.07, 6.45) is 5.64. The fraction of sp³-hybridized carbons (Fsp3) is 0.278. The second-order valence-corrected chi connectivity index (χ2v) is 9.07. The van der Waals surface area contributed by atoms with Crippen molar-refractivity contribution in [1.82, 2.24) is 19.9 Å². The zero-order chi connectivity index (χ0) is 18.4. The topological polar surface area (TPSA) is 93.4 Å². The Morgan fingerprint density at radius 1 is 1.31 bits per heavy atom. The van der Waals surface area contributed by atoms with Crippen LogP contribution in [0.5, 0.6) is 0 Å². The highest BCUT2D eigenvalue weighted by molar-refractivity contribution is 7.91. The van der Waals surface area contributed by atoms with Gasteiger partial charge in [-0.15, -0.1) is 0 Å². The Kier molecular flexibility index (Phi) is 3.80. The molecule has 0 aliphatic carbocycles. The third-order valence-electron chi connectivity index (χ3n) is 4.63. The lowest BCUT2D eigenvalue weighted by Crippen LogP contribution is -2.46. The number of benzene rings is 1. The first kappa shape index (κ1) is 16.7. The van der Waals surface area contributed by atoms with Crippen molar-refractivity contribution in [3.63, 3.8) is 0 Å². The standard InChI is InChI=1S/C18H18N4O3S/c1-18(6-9-26(24,25)12-18)21-17(23)14-5-2-4-13(10-14)15-11-20-22-8-3-7-19-16(15)22/h2-5,7-8,10-11H,6,9,12H2,1H3,(H,21,23). The smallest absolute Gasteiger partial charge is 0.251 e. The van der Waals surface area contributed by atoms with Gasteiger partial charge in [0.25, 0.3) is 5.91 Å². The predicted octanol–water partition coefficient (Wildman–Crippen LogP) is 1.70. The van der Waals surface area contributed by atoms with Crippen LogP contribution >= 0.6 is 0 Å². The predicted molar refractivity (Wildman–Crippen MR) is 97.6 cm³/mol. The molecule has 0 spiro atoms. The van der Waals surface area contributed by atoms with Crippen LogP contribution in [-0.4, -0.2) is 46.0 Å². The van der Waals surface area contributed by atoms with Crippen LogP contribution in [0.15, 0.2) is 48.9 Å². The van der Waals surface area contributed by atoms with Crippen LogP contribution in [0, 0.1) is 0 Å². The Morgan fingerprint density at radius 2 is 2.15 bits per heavy atom. The molecule has 1 fully saturated rings. The first-order valence-corrected chi connectivity index (χ1v) is 10.1. The molecule has 1 atom stereocenters. The normalized spacial score (nSPS) is 21.7. The summed E-state index contributed by atoms with van der Waals surface area (Å²) in [4.78, 5) is 17.0. The maximum absolute atomic E-state index is 12.7. The number of carbonyl (C=O) groups is 1. The highest BCUT2D eigenvalue weighted by atomic mass is 32.2. The van der Waals surface area contributed by atoms with Crippen LogP contribution in [-0.2, 0) is 9.84 Å². The third-order valence-corrected chi connectivity index (χ3v) is 6.54. The summed E-state index contributed by atoms with van der Waals surface area (Å²) in [5.41, 5.74) is 2.12. The zero-order valence-electron chi connectivity index (χ0n) is 14.2. The van der Waals surface area contributed by atoms with Crippen molar-refractivity contribution in [3.8, 4) is 11.1 Å². The van der Waals surface area contributed by atoms with Gasteiger partial charge in [0.2, 0.25) is 0 Å². The molecule has 0 bridgehead atoms. The molecule has 1 unspecified atom stereocenters. The summed E-state index contributed by atoms with van der Waals surface area (Å²) < 4.78 is 25.1. The van der Waals surface area contributed by atoms with E-state index in [1.807, 2.05) is 12.3 Å². The Hall–Kier alpha value is -2.74. The number of nitrogens with one attached hydrogen (secondary N) is 1. The van der Waals surface area contributed by atoms with E-state index in [1.165, 1.54) is 0 Å². The Labute approximate surface area is 151 Å². The minimum Gasteiger partial charge on any atom is -0.346 e. The molecule has 3 heterocycles. The van der Waals surface area contributed by atoms with Crippen molar-refractivity contribution in [2.75, 3.05) is 11.5 Å². The van der Waals surface area contributed by atoms with Crippen LogP contribution in [0.25, 0.3) is 16.8 Å². The van der Waals surface area contributed by atoms with Crippen LogP contribution in [0.2, 0.25) is 0 Å². The van der Waals surface area contributed by atoms with E-state index in [1.54, 1.807) is 48.1 Å². The fourth-order valence-corrected chi connectivity index (χ4v) is 5.41. The lowest BCUT2D eigenvalue weighted by Gasteiger charge is -2.24. The largest absolute Gasteiger partial charge is 0.346 e. The van der Waals surface area contributed by atoms with Gasteiger partial charge in [0.15, 0.2) is 15.5 Å². The van der Waals surface area contributed by atoms with E-state index in [-0.39, 0.29) is 17.4 Å². The van der Waals surface area contributed by atoms with E-state index in [9.17, 15) is 13.2 Å². The van der Waals surface area contributed by atoms with E-state index in [4.69, 9.17) is 0 Å². The minimum absolute atomic E-state index is 0.0244. The number of sulfone groups is 1. The molecular formula is C18H18N4O3S. The number of rotatable bonds is 3. The number of fused-ring (bicyclic) bond motifs is 1. The van der Waals surface area contributed by atoms with Gasteiger partial charge in [0.05, 0.1) is 23.2 Å². The van der Waals surface area contributed by atoms with Crippen molar-refractivity contribution in [2.24, 2.45) is 0 Å². The molecule has 7 nitrogen and oxygen atoms in total. The molecule has 1 aliphatic heterocycles. The van der Waals surface area contributed by atoms with Crippen molar-refractivity contribution < 1.29 is 13.2 Å². The summed E-state index contributed by atoms with van der Waals surface area (Å²) in [5, 5.41) is 7.15. The first-order chi connectivity index (χ1) is 12.4. The molecule has 1 saturated heterocycles. The van der Waals surface area contributed by atoms with Gasteiger partial charge in [-0.1, -0.05) is 12.1 Å². The van der Waals surface area contributed by atoms with Gasteiger partial charge >= 0.3 is 0 Å². The molecule has 134 valence electrons. The van der Waals surface area contributed by atoms with Gasteiger partial charge in [0.1, 0.15) is 0 Å². The second kappa shape index (κ2) is 5.91. The van der Waals surface area contributed by atoms with Gasteiger partial charge in [-0.25, -0.2) is 17.9 Å². The number of carbonyl (C=O) groups excluding carboxylic acids is 1. The highest BCUT2D eigenvalue weighted by Gasteiger charge is 2.39. The molecule has 8 heteroatoms. The average Bonchev–Trinajstić information content (AvgIpc) is 3.15. The molecule has 1 aliphatic rings. The minimum atomic E-state index is -3.08. The number of hydrogen-bond donors (Lipinski definition) is 1. The van der Waals surface area contributed by atoms with E-state index in [0.29, 0.717) is 17.6 Å².